The van der Waals surface area contributed by atoms with Gasteiger partial charge in [0, 0.05) is 0 Å². The molecule has 20 heavy (non-hydrogen) atoms. The molecule has 0 spiro atoms. The second-order valence-corrected chi connectivity index (χ2v) is 5.06. The number of carbonyl (C=O) groups excluding carboxylic acids is 2. The monoisotopic (exact) mass is 284 g/mol. The number of hydrogen-bond donors (Lipinski definition) is 0. The molecule has 0 N–H and O–H groups in total. The number of esters is 2. The van der Waals surface area contributed by atoms with E-state index >= 15 is 0 Å². The average molecular weight is 284 g/mol. The Bertz CT molecular complexity index is 333. The molecule has 0 aliphatic rings. The number of allylic oxidation sites excluding steroid dienone is 1. The van der Waals surface area contributed by atoms with E-state index in [0.717, 1.165) is 25.7 Å². The largest absolute Gasteiger partial charge is 0.460 e. The smallest absolute Gasteiger partial charge is 0.337 e. The Balaban J connectivity index is 4.57. The average Bonchev–Trinajstić information content (AvgIpc) is 2.45. The van der Waals surface area contributed by atoms with Crippen molar-refractivity contribution in [2.24, 2.45) is 5.92 Å². The number of carbonyl (C=O) groups is 2. The summed E-state index contributed by atoms with van der Waals surface area (Å²) in [5, 5.41) is 0. The van der Waals surface area contributed by atoms with Gasteiger partial charge in [0.05, 0.1) is 17.6 Å². The third-order valence-corrected chi connectivity index (χ3v) is 3.21. The highest BCUT2D eigenvalue weighted by Gasteiger charge is 2.18. The molecular weight excluding hydrogens is 256 g/mol. The lowest BCUT2D eigenvalue weighted by Gasteiger charge is -2.14. The first kappa shape index (κ1) is 18.7. The standard InChI is InChI=1S/C16H28O4/c1-6-9-10-14(16(18)20-13(5)8-3)11-19-15(17)12(4)7-2/h10,12-13H,6-9,11H2,1-5H3. The van der Waals surface area contributed by atoms with Gasteiger partial charge in [-0.3, -0.25) is 4.79 Å². The van der Waals surface area contributed by atoms with Crippen LogP contribution in [0.4, 0.5) is 0 Å². The molecule has 0 heterocycles. The fourth-order valence-corrected chi connectivity index (χ4v) is 1.32. The minimum absolute atomic E-state index is 0.00155. The number of rotatable bonds is 9. The molecule has 4 nitrogen and oxygen atoms in total. The summed E-state index contributed by atoms with van der Waals surface area (Å²) in [6.45, 7) is 9.57. The van der Waals surface area contributed by atoms with E-state index in [1.807, 2.05) is 34.6 Å². The van der Waals surface area contributed by atoms with Gasteiger partial charge in [0.1, 0.15) is 6.61 Å². The van der Waals surface area contributed by atoms with Gasteiger partial charge in [-0.1, -0.05) is 40.2 Å². The van der Waals surface area contributed by atoms with Gasteiger partial charge in [-0.05, 0) is 26.2 Å². The first-order valence-corrected chi connectivity index (χ1v) is 7.52. The van der Waals surface area contributed by atoms with Gasteiger partial charge in [0.15, 0.2) is 0 Å². The molecule has 0 radical (unpaired) electrons. The van der Waals surface area contributed by atoms with Gasteiger partial charge < -0.3 is 9.47 Å². The van der Waals surface area contributed by atoms with Crippen molar-refractivity contribution in [2.45, 2.75) is 66.4 Å². The molecule has 0 aromatic heterocycles. The van der Waals surface area contributed by atoms with E-state index in [1.165, 1.54) is 0 Å². The van der Waals surface area contributed by atoms with Crippen molar-refractivity contribution in [3.8, 4) is 0 Å². The summed E-state index contributed by atoms with van der Waals surface area (Å²) < 4.78 is 10.5. The van der Waals surface area contributed by atoms with Crippen molar-refractivity contribution in [1.82, 2.24) is 0 Å². The van der Waals surface area contributed by atoms with Gasteiger partial charge in [0.2, 0.25) is 0 Å². The van der Waals surface area contributed by atoms with Crippen LogP contribution >= 0.6 is 0 Å². The van der Waals surface area contributed by atoms with Crippen LogP contribution in [-0.2, 0) is 19.1 Å². The first-order chi connectivity index (χ1) is 9.46. The Kier molecular flexibility index (Phi) is 9.77. The number of hydrogen-bond acceptors (Lipinski definition) is 4. The number of unbranched alkanes of at least 4 members (excludes halogenated alkanes) is 1. The van der Waals surface area contributed by atoms with Crippen LogP contribution in [0.25, 0.3) is 0 Å². The Morgan fingerprint density at radius 1 is 1.10 bits per heavy atom. The third kappa shape index (κ3) is 7.31. The predicted molar refractivity (Wildman–Crippen MR) is 79.3 cm³/mol. The Morgan fingerprint density at radius 2 is 1.75 bits per heavy atom. The Morgan fingerprint density at radius 3 is 2.25 bits per heavy atom. The zero-order chi connectivity index (χ0) is 15.5. The van der Waals surface area contributed by atoms with Gasteiger partial charge in [-0.15, -0.1) is 0 Å². The van der Waals surface area contributed by atoms with Crippen molar-refractivity contribution in [2.75, 3.05) is 6.61 Å². The molecule has 116 valence electrons. The molecule has 0 aromatic carbocycles. The molecular formula is C16H28O4. The van der Waals surface area contributed by atoms with Gasteiger partial charge in [-0.2, -0.15) is 0 Å². The maximum absolute atomic E-state index is 12.0. The fourth-order valence-electron chi connectivity index (χ4n) is 1.32. The molecule has 0 aromatic rings. The maximum Gasteiger partial charge on any atom is 0.337 e. The van der Waals surface area contributed by atoms with Crippen LogP contribution in [0.2, 0.25) is 0 Å². The maximum atomic E-state index is 12.0. The lowest BCUT2D eigenvalue weighted by atomic mass is 10.1. The number of ether oxygens (including phenoxy) is 2. The predicted octanol–water partition coefficient (Wildman–Crippen LogP) is 3.64. The zero-order valence-electron chi connectivity index (χ0n) is 13.4. The molecule has 0 saturated heterocycles. The van der Waals surface area contributed by atoms with Crippen molar-refractivity contribution in [3.63, 3.8) is 0 Å². The summed E-state index contributed by atoms with van der Waals surface area (Å²) in [6.07, 6.45) is 4.86. The van der Waals surface area contributed by atoms with Gasteiger partial charge >= 0.3 is 11.9 Å². The normalized spacial score (nSPS) is 14.6. The summed E-state index contributed by atoms with van der Waals surface area (Å²) in [4.78, 5) is 23.6. The second-order valence-electron chi connectivity index (χ2n) is 5.06. The molecule has 0 rings (SSSR count). The molecule has 0 aliphatic heterocycles. The van der Waals surface area contributed by atoms with Crippen LogP contribution < -0.4 is 0 Å². The highest BCUT2D eigenvalue weighted by atomic mass is 16.6. The quantitative estimate of drug-likeness (QED) is 0.479. The minimum Gasteiger partial charge on any atom is -0.460 e. The molecule has 2 atom stereocenters. The second kappa shape index (κ2) is 10.5. The lowest BCUT2D eigenvalue weighted by molar-refractivity contribution is -0.149. The van der Waals surface area contributed by atoms with E-state index in [4.69, 9.17) is 9.47 Å². The molecule has 0 bridgehead atoms. The molecule has 0 amide bonds. The molecule has 0 aliphatic carbocycles. The molecule has 4 heteroatoms. The minimum atomic E-state index is -0.384. The van der Waals surface area contributed by atoms with E-state index in [2.05, 4.69) is 0 Å². The van der Waals surface area contributed by atoms with Crippen LogP contribution in [0.3, 0.4) is 0 Å². The van der Waals surface area contributed by atoms with E-state index in [1.54, 1.807) is 6.08 Å². The van der Waals surface area contributed by atoms with Crippen LogP contribution in [0, 0.1) is 5.92 Å². The van der Waals surface area contributed by atoms with Gasteiger partial charge in [-0.25, -0.2) is 4.79 Å². The molecule has 0 fully saturated rings. The molecule has 2 unspecified atom stereocenters. The highest BCUT2D eigenvalue weighted by Crippen LogP contribution is 2.10. The summed E-state index contributed by atoms with van der Waals surface area (Å²) in [6, 6.07) is 0. The summed E-state index contributed by atoms with van der Waals surface area (Å²) >= 11 is 0. The van der Waals surface area contributed by atoms with E-state index < -0.39 is 0 Å². The van der Waals surface area contributed by atoms with Crippen LogP contribution in [0.15, 0.2) is 11.6 Å². The SMILES string of the molecule is CCCC=C(COC(=O)C(C)CC)C(=O)OC(C)CC. The van der Waals surface area contributed by atoms with Crippen molar-refractivity contribution < 1.29 is 19.1 Å². The van der Waals surface area contributed by atoms with Crippen molar-refractivity contribution in [1.29, 1.82) is 0 Å². The fraction of sp³-hybridized carbons (Fsp3) is 0.750. The third-order valence-electron chi connectivity index (χ3n) is 3.21. The Hall–Kier alpha value is -1.32. The van der Waals surface area contributed by atoms with E-state index in [0.29, 0.717) is 5.57 Å². The topological polar surface area (TPSA) is 52.6 Å². The van der Waals surface area contributed by atoms with Gasteiger partial charge in [0.25, 0.3) is 0 Å². The van der Waals surface area contributed by atoms with Crippen LogP contribution in [0.1, 0.15) is 60.3 Å². The van der Waals surface area contributed by atoms with E-state index in [-0.39, 0.29) is 30.6 Å². The molecule has 0 saturated carbocycles. The highest BCUT2D eigenvalue weighted by molar-refractivity contribution is 5.89. The van der Waals surface area contributed by atoms with Crippen molar-refractivity contribution >= 4 is 11.9 Å². The van der Waals surface area contributed by atoms with Crippen LogP contribution in [0.5, 0.6) is 0 Å². The summed E-state index contributed by atoms with van der Waals surface area (Å²) in [5.41, 5.74) is 0.434. The van der Waals surface area contributed by atoms with Crippen molar-refractivity contribution in [3.05, 3.63) is 11.6 Å². The van der Waals surface area contributed by atoms with E-state index in [9.17, 15) is 9.59 Å². The summed E-state index contributed by atoms with van der Waals surface area (Å²) in [5.74, 6) is -0.802. The summed E-state index contributed by atoms with van der Waals surface area (Å²) in [7, 11) is 0. The first-order valence-electron chi connectivity index (χ1n) is 7.52. The van der Waals surface area contributed by atoms with Crippen LogP contribution in [-0.4, -0.2) is 24.6 Å². The Labute approximate surface area is 122 Å². The zero-order valence-corrected chi connectivity index (χ0v) is 13.4. The lowest BCUT2D eigenvalue weighted by Crippen LogP contribution is -2.21.